The van der Waals surface area contributed by atoms with Crippen molar-refractivity contribution in [1.82, 2.24) is 0 Å². The van der Waals surface area contributed by atoms with E-state index in [4.69, 9.17) is 9.47 Å². The highest BCUT2D eigenvalue weighted by Gasteiger charge is 2.31. The molecule has 2 aliphatic rings. The van der Waals surface area contributed by atoms with Crippen LogP contribution in [0.4, 0.5) is 0 Å². The summed E-state index contributed by atoms with van der Waals surface area (Å²) in [5.41, 5.74) is 0. The molecule has 0 amide bonds. The summed E-state index contributed by atoms with van der Waals surface area (Å²) < 4.78 is 11.8. The predicted molar refractivity (Wildman–Crippen MR) is 65.2 cm³/mol. The first-order valence-electron chi connectivity index (χ1n) is 6.85. The second-order valence-corrected chi connectivity index (χ2v) is 5.38. The van der Waals surface area contributed by atoms with Crippen molar-refractivity contribution in [2.75, 3.05) is 13.2 Å². The zero-order chi connectivity index (χ0) is 11.4. The average Bonchev–Trinajstić information content (AvgIpc) is 2.58. The van der Waals surface area contributed by atoms with E-state index in [0.717, 1.165) is 13.2 Å². The molecule has 0 bridgehead atoms. The van der Waals surface area contributed by atoms with Gasteiger partial charge in [-0.1, -0.05) is 13.3 Å². The third-order valence-electron chi connectivity index (χ3n) is 3.97. The molecule has 2 aliphatic heterocycles. The van der Waals surface area contributed by atoms with Crippen LogP contribution in [0.25, 0.3) is 0 Å². The van der Waals surface area contributed by atoms with Crippen LogP contribution in [0, 0.1) is 18.3 Å². The fourth-order valence-corrected chi connectivity index (χ4v) is 2.91. The van der Waals surface area contributed by atoms with E-state index in [1.54, 1.807) is 0 Å². The smallest absolute Gasteiger partial charge is 0.0662 e. The highest BCUT2D eigenvalue weighted by Crippen LogP contribution is 2.31. The third kappa shape index (κ3) is 3.21. The molecular formula is C14H25O2. The van der Waals surface area contributed by atoms with Crippen molar-refractivity contribution >= 4 is 0 Å². The van der Waals surface area contributed by atoms with Crippen LogP contribution < -0.4 is 0 Å². The summed E-state index contributed by atoms with van der Waals surface area (Å²) in [6.45, 7) is 6.38. The van der Waals surface area contributed by atoms with E-state index in [9.17, 15) is 0 Å². The third-order valence-corrected chi connectivity index (χ3v) is 3.97. The Labute approximate surface area is 99.7 Å². The van der Waals surface area contributed by atoms with E-state index in [-0.39, 0.29) is 0 Å². The molecule has 16 heavy (non-hydrogen) atoms. The molecule has 0 N–H and O–H groups in total. The Hall–Kier alpha value is -0.0800. The first-order valence-corrected chi connectivity index (χ1v) is 6.85. The Bertz CT molecular complexity index is 205. The van der Waals surface area contributed by atoms with E-state index in [2.05, 4.69) is 20.3 Å². The molecule has 2 heterocycles. The molecule has 4 unspecified atom stereocenters. The van der Waals surface area contributed by atoms with Crippen LogP contribution in [-0.4, -0.2) is 25.4 Å². The maximum Gasteiger partial charge on any atom is 0.0662 e. The molecule has 2 rings (SSSR count). The van der Waals surface area contributed by atoms with E-state index >= 15 is 0 Å². The molecule has 2 saturated heterocycles. The monoisotopic (exact) mass is 225 g/mol. The van der Waals surface area contributed by atoms with E-state index in [1.165, 1.54) is 32.1 Å². The van der Waals surface area contributed by atoms with Gasteiger partial charge in [-0.2, -0.15) is 0 Å². The normalized spacial score (nSPS) is 42.4. The highest BCUT2D eigenvalue weighted by molar-refractivity contribution is 4.92. The number of hydrogen-bond donors (Lipinski definition) is 0. The second kappa shape index (κ2) is 6.02. The Kier molecular flexibility index (Phi) is 4.66. The first-order chi connectivity index (χ1) is 7.77. The summed E-state index contributed by atoms with van der Waals surface area (Å²) in [7, 11) is 0. The highest BCUT2D eigenvalue weighted by atomic mass is 16.5. The van der Waals surface area contributed by atoms with Crippen molar-refractivity contribution in [3.8, 4) is 0 Å². The van der Waals surface area contributed by atoms with Gasteiger partial charge in [0.2, 0.25) is 0 Å². The lowest BCUT2D eigenvalue weighted by atomic mass is 9.86. The largest absolute Gasteiger partial charge is 0.378 e. The SMILES string of the molecule is CC1[CH]C(C2CCCCOC2C)OCCC1. The minimum Gasteiger partial charge on any atom is -0.378 e. The summed E-state index contributed by atoms with van der Waals surface area (Å²) in [6.07, 6.45) is 9.34. The maximum atomic E-state index is 6.00. The van der Waals surface area contributed by atoms with Gasteiger partial charge in [-0.3, -0.25) is 0 Å². The number of ether oxygens (including phenoxy) is 2. The fraction of sp³-hybridized carbons (Fsp3) is 0.929. The maximum absolute atomic E-state index is 6.00. The topological polar surface area (TPSA) is 18.5 Å². The van der Waals surface area contributed by atoms with Crippen LogP contribution in [0.3, 0.4) is 0 Å². The molecule has 0 aromatic heterocycles. The Morgan fingerprint density at radius 3 is 2.62 bits per heavy atom. The fourth-order valence-electron chi connectivity index (χ4n) is 2.91. The zero-order valence-electron chi connectivity index (χ0n) is 10.7. The van der Waals surface area contributed by atoms with Crippen LogP contribution in [0.15, 0.2) is 0 Å². The van der Waals surface area contributed by atoms with Gasteiger partial charge in [-0.25, -0.2) is 0 Å². The summed E-state index contributed by atoms with van der Waals surface area (Å²) >= 11 is 0. The van der Waals surface area contributed by atoms with Crippen LogP contribution in [0.5, 0.6) is 0 Å². The molecule has 0 saturated carbocycles. The zero-order valence-corrected chi connectivity index (χ0v) is 10.7. The molecule has 0 aromatic carbocycles. The van der Waals surface area contributed by atoms with E-state index in [0.29, 0.717) is 24.0 Å². The van der Waals surface area contributed by atoms with Crippen LogP contribution in [0.1, 0.15) is 46.0 Å². The molecule has 2 nitrogen and oxygen atoms in total. The molecule has 0 aromatic rings. The Morgan fingerprint density at radius 2 is 1.75 bits per heavy atom. The second-order valence-electron chi connectivity index (χ2n) is 5.38. The summed E-state index contributed by atoms with van der Waals surface area (Å²) in [6, 6.07) is 0. The lowest BCUT2D eigenvalue weighted by molar-refractivity contribution is -0.0353. The Balaban J connectivity index is 1.96. The van der Waals surface area contributed by atoms with Gasteiger partial charge in [-0.15, -0.1) is 0 Å². The molecule has 0 spiro atoms. The van der Waals surface area contributed by atoms with E-state index < -0.39 is 0 Å². The van der Waals surface area contributed by atoms with Crippen LogP contribution in [0.2, 0.25) is 0 Å². The molecule has 2 fully saturated rings. The minimum atomic E-state index is 0.325. The first kappa shape index (κ1) is 12.4. The minimum absolute atomic E-state index is 0.325. The molecule has 4 atom stereocenters. The van der Waals surface area contributed by atoms with Gasteiger partial charge in [0.05, 0.1) is 12.2 Å². The lowest BCUT2D eigenvalue weighted by Gasteiger charge is -2.30. The average molecular weight is 225 g/mol. The molecule has 0 aliphatic carbocycles. The molecule has 1 radical (unpaired) electrons. The number of rotatable bonds is 1. The Morgan fingerprint density at radius 1 is 0.938 bits per heavy atom. The number of hydrogen-bond acceptors (Lipinski definition) is 2. The van der Waals surface area contributed by atoms with Crippen molar-refractivity contribution in [1.29, 1.82) is 0 Å². The van der Waals surface area contributed by atoms with Gasteiger partial charge in [0.15, 0.2) is 0 Å². The standard InChI is InChI=1S/C14H25O2/c1-11-6-5-9-16-14(10-11)13-7-3-4-8-15-12(13)2/h10-14H,3-9H2,1-2H3. The molecular weight excluding hydrogens is 200 g/mol. The van der Waals surface area contributed by atoms with Crippen molar-refractivity contribution in [3.05, 3.63) is 6.42 Å². The van der Waals surface area contributed by atoms with Crippen molar-refractivity contribution in [2.24, 2.45) is 11.8 Å². The summed E-state index contributed by atoms with van der Waals surface area (Å²) in [4.78, 5) is 0. The van der Waals surface area contributed by atoms with Gasteiger partial charge in [0.1, 0.15) is 0 Å². The van der Waals surface area contributed by atoms with Gasteiger partial charge >= 0.3 is 0 Å². The van der Waals surface area contributed by atoms with Crippen LogP contribution >= 0.6 is 0 Å². The van der Waals surface area contributed by atoms with Gasteiger partial charge in [0, 0.05) is 19.1 Å². The lowest BCUT2D eigenvalue weighted by Crippen LogP contribution is -2.33. The van der Waals surface area contributed by atoms with Crippen LogP contribution in [-0.2, 0) is 9.47 Å². The van der Waals surface area contributed by atoms with E-state index in [1.807, 2.05) is 0 Å². The van der Waals surface area contributed by atoms with Crippen molar-refractivity contribution in [3.63, 3.8) is 0 Å². The predicted octanol–water partition coefficient (Wildman–Crippen LogP) is 3.21. The quantitative estimate of drug-likeness (QED) is 0.682. The molecule has 2 heteroatoms. The summed E-state index contributed by atoms with van der Waals surface area (Å²) in [5.74, 6) is 1.27. The van der Waals surface area contributed by atoms with Gasteiger partial charge in [0.25, 0.3) is 0 Å². The van der Waals surface area contributed by atoms with Gasteiger partial charge < -0.3 is 9.47 Å². The summed E-state index contributed by atoms with van der Waals surface area (Å²) in [5, 5.41) is 0. The van der Waals surface area contributed by atoms with Crippen molar-refractivity contribution < 1.29 is 9.47 Å². The molecule has 93 valence electrons. The van der Waals surface area contributed by atoms with Crippen molar-refractivity contribution in [2.45, 2.75) is 58.2 Å². The van der Waals surface area contributed by atoms with Gasteiger partial charge in [-0.05, 0) is 44.9 Å².